The van der Waals surface area contributed by atoms with Gasteiger partial charge in [-0.25, -0.2) is 15.0 Å². The molecule has 22 heavy (non-hydrogen) atoms. The third-order valence-electron chi connectivity index (χ3n) is 2.36. The molecule has 0 fully saturated rings. The quantitative estimate of drug-likeness (QED) is 0.484. The van der Waals surface area contributed by atoms with Gasteiger partial charge >= 0.3 is 12.1 Å². The van der Waals surface area contributed by atoms with Gasteiger partial charge in [-0.15, -0.1) is 0 Å². The van der Waals surface area contributed by atoms with Gasteiger partial charge in [-0.05, 0) is 26.8 Å². The Balaban J connectivity index is 2.84. The van der Waals surface area contributed by atoms with E-state index in [0.717, 1.165) is 4.47 Å². The summed E-state index contributed by atoms with van der Waals surface area (Å²) in [5, 5.41) is 0. The molecule has 0 atom stereocenters. The number of methoxy groups -OCH3 is 1. The van der Waals surface area contributed by atoms with E-state index in [9.17, 15) is 9.59 Å². The Morgan fingerprint density at radius 3 is 2.41 bits per heavy atom. The van der Waals surface area contributed by atoms with Gasteiger partial charge in [0.05, 0.1) is 12.7 Å². The number of halogens is 1. The Morgan fingerprint density at radius 1 is 1.23 bits per heavy atom. The molecular formula is C15H19BrN2O4. The average molecular weight is 371 g/mol. The fraction of sp³-hybridized carbons (Fsp3) is 0.333. The maximum absolute atomic E-state index is 11.9. The lowest BCUT2D eigenvalue weighted by atomic mass is 10.1. The number of ether oxygens (including phenoxy) is 2. The fourth-order valence-electron chi connectivity index (χ4n) is 1.51. The lowest BCUT2D eigenvalue weighted by Crippen LogP contribution is -2.38. The average Bonchev–Trinajstić information content (AvgIpc) is 2.42. The van der Waals surface area contributed by atoms with E-state index < -0.39 is 17.7 Å². The van der Waals surface area contributed by atoms with Crippen LogP contribution >= 0.6 is 15.9 Å². The van der Waals surface area contributed by atoms with Crippen molar-refractivity contribution >= 4 is 33.6 Å². The minimum Gasteiger partial charge on any atom is -0.465 e. The third kappa shape index (κ3) is 5.77. The van der Waals surface area contributed by atoms with Crippen LogP contribution in [-0.2, 0) is 14.3 Å². The minimum absolute atomic E-state index is 0.256. The van der Waals surface area contributed by atoms with Crippen LogP contribution in [0.5, 0.6) is 0 Å². The fourth-order valence-corrected chi connectivity index (χ4v) is 2.01. The molecule has 0 aliphatic rings. The summed E-state index contributed by atoms with van der Waals surface area (Å²) in [6.45, 7) is 5.26. The van der Waals surface area contributed by atoms with E-state index in [1.807, 2.05) is 6.07 Å². The third-order valence-corrected chi connectivity index (χ3v) is 3.05. The molecule has 0 aliphatic carbocycles. The molecule has 1 aromatic carbocycles. The molecule has 0 saturated carbocycles. The summed E-state index contributed by atoms with van der Waals surface area (Å²) in [6.07, 6.45) is 0.690. The molecule has 120 valence electrons. The van der Waals surface area contributed by atoms with Crippen LogP contribution in [0.25, 0.3) is 5.57 Å². The van der Waals surface area contributed by atoms with Crippen molar-refractivity contribution in [3.05, 3.63) is 40.5 Å². The summed E-state index contributed by atoms with van der Waals surface area (Å²) < 4.78 is 10.5. The summed E-state index contributed by atoms with van der Waals surface area (Å²) in [5.74, 6) is -0.537. The molecule has 0 saturated heterocycles. The molecule has 0 spiro atoms. The lowest BCUT2D eigenvalue weighted by Gasteiger charge is -2.19. The highest BCUT2D eigenvalue weighted by Gasteiger charge is 2.17. The number of benzene rings is 1. The van der Waals surface area contributed by atoms with Crippen LogP contribution in [0.3, 0.4) is 0 Å². The van der Waals surface area contributed by atoms with Gasteiger partial charge in [0.1, 0.15) is 5.60 Å². The van der Waals surface area contributed by atoms with Crippen LogP contribution in [0, 0.1) is 0 Å². The first-order valence-corrected chi connectivity index (χ1v) is 7.32. The molecule has 0 heterocycles. The van der Waals surface area contributed by atoms with Gasteiger partial charge in [0.25, 0.3) is 0 Å². The van der Waals surface area contributed by atoms with Crippen LogP contribution in [0.1, 0.15) is 26.3 Å². The topological polar surface area (TPSA) is 76.7 Å². The Labute approximate surface area is 138 Å². The van der Waals surface area contributed by atoms with E-state index in [4.69, 9.17) is 9.47 Å². The van der Waals surface area contributed by atoms with Gasteiger partial charge in [0.15, 0.2) is 0 Å². The summed E-state index contributed by atoms with van der Waals surface area (Å²) in [4.78, 5) is 23.4. The zero-order valence-corrected chi connectivity index (χ0v) is 14.5. The molecular weight excluding hydrogens is 352 g/mol. The predicted molar refractivity (Wildman–Crippen MR) is 86.6 cm³/mol. The molecule has 0 bridgehead atoms. The Hall–Kier alpha value is -2.02. The number of amides is 1. The maximum Gasteiger partial charge on any atom is 0.426 e. The van der Waals surface area contributed by atoms with Crippen molar-refractivity contribution in [3.63, 3.8) is 0 Å². The number of carbonyl (C=O) groups is 2. The number of hydrogen-bond acceptors (Lipinski definition) is 5. The summed E-state index contributed by atoms with van der Waals surface area (Å²) in [7, 11) is 1.29. The van der Waals surface area contributed by atoms with Gasteiger partial charge < -0.3 is 14.9 Å². The summed E-state index contributed by atoms with van der Waals surface area (Å²) in [5.41, 5.74) is 5.15. The SMILES string of the molecule is COC(=O)/C(=C/NNC(=O)OC(C)(C)C)c1ccccc1Br. The van der Waals surface area contributed by atoms with Crippen LogP contribution in [0.4, 0.5) is 4.79 Å². The second-order valence-electron chi connectivity index (χ2n) is 5.30. The van der Waals surface area contributed by atoms with Crippen molar-refractivity contribution in [2.24, 2.45) is 0 Å². The first kappa shape index (κ1) is 18.0. The van der Waals surface area contributed by atoms with Gasteiger partial charge in [-0.1, -0.05) is 34.1 Å². The van der Waals surface area contributed by atoms with Crippen molar-refractivity contribution in [1.82, 2.24) is 10.9 Å². The Kier molecular flexibility index (Phi) is 6.42. The summed E-state index contributed by atoms with van der Waals surface area (Å²) >= 11 is 3.37. The van der Waals surface area contributed by atoms with E-state index in [-0.39, 0.29) is 5.57 Å². The monoisotopic (exact) mass is 370 g/mol. The number of nitrogens with one attached hydrogen (secondary N) is 2. The first-order chi connectivity index (χ1) is 10.2. The van der Waals surface area contributed by atoms with E-state index in [1.165, 1.54) is 13.3 Å². The molecule has 1 rings (SSSR count). The molecule has 0 radical (unpaired) electrons. The maximum atomic E-state index is 11.9. The highest BCUT2D eigenvalue weighted by Crippen LogP contribution is 2.24. The molecule has 7 heteroatoms. The van der Waals surface area contributed by atoms with Crippen molar-refractivity contribution in [1.29, 1.82) is 0 Å². The number of rotatable bonds is 4. The van der Waals surface area contributed by atoms with Crippen molar-refractivity contribution in [2.75, 3.05) is 7.11 Å². The van der Waals surface area contributed by atoms with Gasteiger partial charge in [0, 0.05) is 16.2 Å². The smallest absolute Gasteiger partial charge is 0.426 e. The largest absolute Gasteiger partial charge is 0.465 e. The molecule has 0 aliphatic heterocycles. The van der Waals surface area contributed by atoms with E-state index in [1.54, 1.807) is 39.0 Å². The second-order valence-corrected chi connectivity index (χ2v) is 6.16. The number of esters is 1. The van der Waals surface area contributed by atoms with Gasteiger partial charge in [0.2, 0.25) is 0 Å². The van der Waals surface area contributed by atoms with Crippen LogP contribution in [0.2, 0.25) is 0 Å². The molecule has 0 unspecified atom stereocenters. The number of hydrazine groups is 1. The van der Waals surface area contributed by atoms with Crippen LogP contribution < -0.4 is 10.9 Å². The van der Waals surface area contributed by atoms with Crippen molar-refractivity contribution in [2.45, 2.75) is 26.4 Å². The summed E-state index contributed by atoms with van der Waals surface area (Å²) in [6, 6.07) is 7.17. The van der Waals surface area contributed by atoms with E-state index in [2.05, 4.69) is 26.8 Å². The Morgan fingerprint density at radius 2 is 1.86 bits per heavy atom. The normalized spacial score (nSPS) is 11.6. The highest BCUT2D eigenvalue weighted by molar-refractivity contribution is 9.10. The zero-order chi connectivity index (χ0) is 16.8. The first-order valence-electron chi connectivity index (χ1n) is 6.52. The molecule has 1 aromatic rings. The minimum atomic E-state index is -0.653. The van der Waals surface area contributed by atoms with Crippen molar-refractivity contribution < 1.29 is 19.1 Å². The zero-order valence-electron chi connectivity index (χ0n) is 12.9. The van der Waals surface area contributed by atoms with Gasteiger partial charge in [-0.2, -0.15) is 0 Å². The van der Waals surface area contributed by atoms with E-state index in [0.29, 0.717) is 5.56 Å². The molecule has 0 aromatic heterocycles. The molecule has 1 amide bonds. The Bertz CT molecular complexity index is 579. The number of carbonyl (C=O) groups excluding carboxylic acids is 2. The van der Waals surface area contributed by atoms with Crippen molar-refractivity contribution in [3.8, 4) is 0 Å². The standard InChI is InChI=1S/C15H19BrN2O4/c1-15(2,3)22-14(20)18-17-9-11(13(19)21-4)10-7-5-6-8-12(10)16/h5-9,17H,1-4H3,(H,18,20)/b11-9+. The van der Waals surface area contributed by atoms with Gasteiger partial charge in [-0.3, -0.25) is 0 Å². The van der Waals surface area contributed by atoms with Crippen LogP contribution in [0.15, 0.2) is 34.9 Å². The predicted octanol–water partition coefficient (Wildman–Crippen LogP) is 2.99. The lowest BCUT2D eigenvalue weighted by molar-refractivity contribution is -0.133. The molecule has 2 N–H and O–H groups in total. The number of hydrogen-bond donors (Lipinski definition) is 2. The van der Waals surface area contributed by atoms with Crippen LogP contribution in [-0.4, -0.2) is 24.8 Å². The second kappa shape index (κ2) is 7.84. The molecule has 6 nitrogen and oxygen atoms in total. The van der Waals surface area contributed by atoms with E-state index >= 15 is 0 Å². The highest BCUT2D eigenvalue weighted by atomic mass is 79.9.